The number of carboxylic acid groups (broad SMARTS) is 1. The van der Waals surface area contributed by atoms with Gasteiger partial charge < -0.3 is 26.0 Å². The molecule has 7 nitrogen and oxygen atoms in total. The van der Waals surface area contributed by atoms with Gasteiger partial charge in [-0.1, -0.05) is 30.3 Å². The third kappa shape index (κ3) is 4.77. The first-order valence-electron chi connectivity index (χ1n) is 9.84. The number of amides is 2. The molecule has 3 rings (SSSR count). The second-order valence-electron chi connectivity index (χ2n) is 6.40. The summed E-state index contributed by atoms with van der Waals surface area (Å²) in [5.74, 6) is -1.36. The minimum absolute atomic E-state index is 0.156. The molecule has 2 aromatic carbocycles. The molecular formula is C20H23FN4O3. The number of carbonyl (C=O) groups excluding carboxylic acids is 1. The van der Waals surface area contributed by atoms with Crippen molar-refractivity contribution in [3.05, 3.63) is 59.9 Å². The minimum atomic E-state index is -2.13. The summed E-state index contributed by atoms with van der Waals surface area (Å²) in [6.07, 6.45) is -3.14. The zero-order valence-electron chi connectivity index (χ0n) is 17.1. The van der Waals surface area contributed by atoms with Crippen molar-refractivity contribution in [1.29, 1.82) is 0 Å². The molecule has 2 amide bonds. The number of nitrogens with zero attached hydrogens (tertiary/aromatic N) is 2. The molecule has 0 radical (unpaired) electrons. The molecule has 4 N–H and O–H groups in total. The summed E-state index contributed by atoms with van der Waals surface area (Å²) < 4.78 is 30.4. The second-order valence-corrected chi connectivity index (χ2v) is 6.40. The number of hydrogen-bond acceptors (Lipinski definition) is 4. The summed E-state index contributed by atoms with van der Waals surface area (Å²) in [6, 6.07) is 10.5. The van der Waals surface area contributed by atoms with E-state index >= 15 is 0 Å². The van der Waals surface area contributed by atoms with Crippen LogP contribution in [-0.4, -0.2) is 54.2 Å². The van der Waals surface area contributed by atoms with Crippen LogP contribution in [0.5, 0.6) is 0 Å². The van der Waals surface area contributed by atoms with Gasteiger partial charge in [0, 0.05) is 28.9 Å². The predicted octanol–water partition coefficient (Wildman–Crippen LogP) is 2.13. The Bertz CT molecular complexity index is 922. The van der Waals surface area contributed by atoms with E-state index in [0.717, 1.165) is 6.07 Å². The molecule has 1 unspecified atom stereocenters. The van der Waals surface area contributed by atoms with Crippen molar-refractivity contribution in [2.24, 2.45) is 5.73 Å². The number of rotatable bonds is 5. The lowest BCUT2D eigenvalue weighted by Crippen LogP contribution is -2.48. The third-order valence-corrected chi connectivity index (χ3v) is 4.49. The molecule has 0 bridgehead atoms. The fourth-order valence-electron chi connectivity index (χ4n) is 3.01. The summed E-state index contributed by atoms with van der Waals surface area (Å²) in [7, 11) is 0. The highest BCUT2D eigenvalue weighted by molar-refractivity contribution is 5.97. The van der Waals surface area contributed by atoms with Crippen LogP contribution in [0.25, 0.3) is 0 Å². The third-order valence-electron chi connectivity index (χ3n) is 4.49. The maximum atomic E-state index is 13.9. The number of anilines is 2. The Morgan fingerprint density at radius 3 is 2.50 bits per heavy atom. The number of hydrogen-bond donors (Lipinski definition) is 3. The van der Waals surface area contributed by atoms with Crippen LogP contribution in [0.3, 0.4) is 0 Å². The minimum Gasteiger partial charge on any atom is -0.465 e. The molecule has 148 valence electrons. The van der Waals surface area contributed by atoms with Crippen molar-refractivity contribution in [3.63, 3.8) is 0 Å². The average Bonchev–Trinajstić information content (AvgIpc) is 2.74. The van der Waals surface area contributed by atoms with E-state index < -0.39 is 30.2 Å². The lowest BCUT2D eigenvalue weighted by Gasteiger charge is -2.35. The zero-order valence-corrected chi connectivity index (χ0v) is 15.1. The lowest BCUT2D eigenvalue weighted by molar-refractivity contribution is -0.117. The fraction of sp³-hybridized carbons (Fsp3) is 0.300. The van der Waals surface area contributed by atoms with Crippen LogP contribution < -0.4 is 16.0 Å². The molecule has 1 saturated heterocycles. The Morgan fingerprint density at radius 1 is 1.18 bits per heavy atom. The van der Waals surface area contributed by atoms with Crippen molar-refractivity contribution < 1.29 is 21.8 Å². The summed E-state index contributed by atoms with van der Waals surface area (Å²) in [6.45, 7) is 1.29. The van der Waals surface area contributed by atoms with Gasteiger partial charge in [-0.3, -0.25) is 4.79 Å². The quantitative estimate of drug-likeness (QED) is 0.729. The van der Waals surface area contributed by atoms with E-state index in [1.54, 1.807) is 30.3 Å². The average molecular weight is 388 g/mol. The molecule has 1 atom stereocenters. The van der Waals surface area contributed by atoms with Crippen LogP contribution >= 0.6 is 0 Å². The monoisotopic (exact) mass is 388 g/mol. The van der Waals surface area contributed by atoms with Crippen molar-refractivity contribution >= 4 is 23.4 Å². The van der Waals surface area contributed by atoms with Crippen molar-refractivity contribution in [3.8, 4) is 0 Å². The van der Waals surface area contributed by atoms with E-state index in [9.17, 15) is 14.0 Å². The highest BCUT2D eigenvalue weighted by atomic mass is 19.1. The van der Waals surface area contributed by atoms with E-state index in [1.807, 2.05) is 4.90 Å². The smallest absolute Gasteiger partial charge is 0.407 e. The van der Waals surface area contributed by atoms with Gasteiger partial charge >= 0.3 is 6.09 Å². The first-order chi connectivity index (χ1) is 14.2. The Morgan fingerprint density at radius 2 is 1.86 bits per heavy atom. The maximum absolute atomic E-state index is 13.9. The van der Waals surface area contributed by atoms with Crippen LogP contribution in [0.2, 0.25) is 0 Å². The Hall–Kier alpha value is -3.13. The predicted molar refractivity (Wildman–Crippen MR) is 105 cm³/mol. The molecule has 0 saturated carbocycles. The molecule has 1 heterocycles. The molecule has 1 aliphatic rings. The van der Waals surface area contributed by atoms with E-state index in [1.165, 1.54) is 17.0 Å². The normalized spacial score (nSPS) is 16.8. The van der Waals surface area contributed by atoms with Crippen LogP contribution in [0, 0.1) is 5.82 Å². The molecule has 1 fully saturated rings. The van der Waals surface area contributed by atoms with Gasteiger partial charge in [-0.2, -0.15) is 0 Å². The lowest BCUT2D eigenvalue weighted by atomic mass is 10.1. The number of carbonyl (C=O) groups is 2. The number of halogens is 1. The van der Waals surface area contributed by atoms with Gasteiger partial charge in [-0.25, -0.2) is 9.18 Å². The van der Waals surface area contributed by atoms with Crippen LogP contribution in [0.4, 0.5) is 20.6 Å². The van der Waals surface area contributed by atoms with Gasteiger partial charge in [0.15, 0.2) is 0 Å². The van der Waals surface area contributed by atoms with Crippen molar-refractivity contribution in [2.75, 3.05) is 36.4 Å². The summed E-state index contributed by atoms with van der Waals surface area (Å²) in [5.41, 5.74) is 6.86. The largest absolute Gasteiger partial charge is 0.465 e. The summed E-state index contributed by atoms with van der Waals surface area (Å²) in [4.78, 5) is 26.9. The second kappa shape index (κ2) is 8.71. The van der Waals surface area contributed by atoms with E-state index in [0.29, 0.717) is 18.8 Å². The molecule has 0 aliphatic carbocycles. The highest BCUT2D eigenvalue weighted by Crippen LogP contribution is 2.28. The van der Waals surface area contributed by atoms with Crippen molar-refractivity contribution in [2.45, 2.75) is 12.4 Å². The molecular weight excluding hydrogens is 363 g/mol. The Kier molecular flexibility index (Phi) is 5.29. The number of nitrogens with two attached hydrogens (primary N) is 1. The standard InChI is InChI=1S/C20H23FN4O3/c21-15-6-7-18(24-8-10-25(11-9-24)20(27)28)17(13-15)23-19(26)16(22)12-14-4-2-1-3-5-14/h1-7,13,16H,8-12,22H2,(H,23,26)(H,27,28)/i12D2. The fourth-order valence-corrected chi connectivity index (χ4v) is 3.01. The van der Waals surface area contributed by atoms with E-state index in [2.05, 4.69) is 5.32 Å². The van der Waals surface area contributed by atoms with Gasteiger partial charge in [0.05, 0.1) is 17.4 Å². The zero-order chi connectivity index (χ0) is 21.9. The van der Waals surface area contributed by atoms with Crippen LogP contribution in [0.15, 0.2) is 48.5 Å². The first-order valence-corrected chi connectivity index (χ1v) is 8.84. The molecule has 8 heteroatoms. The van der Waals surface area contributed by atoms with E-state index in [4.69, 9.17) is 13.6 Å². The van der Waals surface area contributed by atoms with Gasteiger partial charge in [0.2, 0.25) is 5.91 Å². The van der Waals surface area contributed by atoms with Crippen molar-refractivity contribution in [1.82, 2.24) is 4.90 Å². The summed E-state index contributed by atoms with van der Waals surface area (Å²) >= 11 is 0. The van der Waals surface area contributed by atoms with Gasteiger partial charge in [0.25, 0.3) is 0 Å². The molecule has 0 aromatic heterocycles. The van der Waals surface area contributed by atoms with Gasteiger partial charge in [-0.15, -0.1) is 0 Å². The topological polar surface area (TPSA) is 98.9 Å². The molecule has 2 aromatic rings. The van der Waals surface area contributed by atoms with E-state index in [-0.39, 0.29) is 24.3 Å². The number of nitrogens with one attached hydrogen (secondary N) is 1. The highest BCUT2D eigenvalue weighted by Gasteiger charge is 2.23. The summed E-state index contributed by atoms with van der Waals surface area (Å²) in [5, 5.41) is 11.6. The van der Waals surface area contributed by atoms with Crippen LogP contribution in [-0.2, 0) is 11.2 Å². The first kappa shape index (κ1) is 17.0. The van der Waals surface area contributed by atoms with Gasteiger partial charge in [0.1, 0.15) is 5.82 Å². The number of piperazine rings is 1. The Balaban J connectivity index is 1.78. The number of benzene rings is 2. The Labute approximate surface area is 165 Å². The van der Waals surface area contributed by atoms with Crippen LogP contribution in [0.1, 0.15) is 8.30 Å². The van der Waals surface area contributed by atoms with Gasteiger partial charge in [-0.05, 0) is 30.1 Å². The maximum Gasteiger partial charge on any atom is 0.407 e. The SMILES string of the molecule is [2H]C([2H])(c1ccccc1)C(N)C(=O)Nc1cc(F)ccc1N1CCN(C(=O)O)CC1. The molecule has 28 heavy (non-hydrogen) atoms. The molecule has 1 aliphatic heterocycles. The molecule has 0 spiro atoms.